The molecule has 10 heteroatoms. The Labute approximate surface area is 198 Å². The van der Waals surface area contributed by atoms with E-state index in [0.29, 0.717) is 32.2 Å². The Bertz CT molecular complexity index is 1070. The normalized spacial score (nSPS) is 14.9. The minimum absolute atomic E-state index is 0.153. The molecule has 7 nitrogen and oxygen atoms in total. The van der Waals surface area contributed by atoms with Crippen LogP contribution in [0.25, 0.3) is 6.08 Å². The Hall–Kier alpha value is -2.62. The molecule has 0 radical (unpaired) electrons. The van der Waals surface area contributed by atoms with Crippen LogP contribution in [-0.2, 0) is 14.3 Å². The molecule has 3 rings (SSSR count). The first-order chi connectivity index (χ1) is 14.8. The lowest BCUT2D eigenvalue weighted by Gasteiger charge is -2.19. The molecule has 1 saturated heterocycles. The first-order valence-corrected chi connectivity index (χ1v) is 10.5. The Morgan fingerprint density at radius 2 is 1.74 bits per heavy atom. The highest BCUT2D eigenvalue weighted by molar-refractivity contribution is 9.10. The van der Waals surface area contributed by atoms with Gasteiger partial charge in [0.05, 0.1) is 27.0 Å². The van der Waals surface area contributed by atoms with Gasteiger partial charge in [-0.05, 0) is 60.3 Å². The number of carbonyl (C=O) groups excluding carboxylic acids is 2. The maximum atomic E-state index is 13.3. The molecule has 0 aliphatic carbocycles. The molecular formula is C21H18BrClN2O5S. The number of halogens is 2. The number of esters is 1. The molecule has 0 bridgehead atoms. The van der Waals surface area contributed by atoms with Crippen molar-refractivity contribution in [2.75, 3.05) is 32.8 Å². The average Bonchev–Trinajstić information content (AvgIpc) is 2.99. The minimum Gasteiger partial charge on any atom is -0.493 e. The van der Waals surface area contributed by atoms with Gasteiger partial charge in [-0.15, -0.1) is 0 Å². The molecule has 0 N–H and O–H groups in total. The molecule has 0 unspecified atom stereocenters. The van der Waals surface area contributed by atoms with Crippen molar-refractivity contribution in [3.05, 3.63) is 57.2 Å². The summed E-state index contributed by atoms with van der Waals surface area (Å²) in [6, 6.07) is 10.1. The number of anilines is 1. The second-order valence-corrected chi connectivity index (χ2v) is 7.98. The van der Waals surface area contributed by atoms with Gasteiger partial charge in [-0.25, -0.2) is 0 Å². The Morgan fingerprint density at radius 3 is 2.32 bits per heavy atom. The highest BCUT2D eigenvalue weighted by Gasteiger charge is 2.40. The molecule has 2 aromatic rings. The molecule has 1 aliphatic heterocycles. The Balaban J connectivity index is 2.11. The summed E-state index contributed by atoms with van der Waals surface area (Å²) < 4.78 is 16.1. The molecule has 1 amide bonds. The van der Waals surface area contributed by atoms with Gasteiger partial charge in [0.25, 0.3) is 5.91 Å². The van der Waals surface area contributed by atoms with Gasteiger partial charge in [-0.1, -0.05) is 27.5 Å². The lowest BCUT2D eigenvalue weighted by molar-refractivity contribution is -0.140. The quantitative estimate of drug-likeness (QED) is 0.317. The third-order valence-electron chi connectivity index (χ3n) is 4.53. The van der Waals surface area contributed by atoms with Crippen LogP contribution in [0.15, 0.2) is 46.6 Å². The van der Waals surface area contributed by atoms with E-state index in [9.17, 15) is 9.59 Å². The fraction of sp³-hybridized carbons (Fsp3) is 0.190. The van der Waals surface area contributed by atoms with Crippen molar-refractivity contribution in [2.24, 2.45) is 0 Å². The van der Waals surface area contributed by atoms with E-state index in [1.165, 1.54) is 31.1 Å². The van der Waals surface area contributed by atoms with Gasteiger partial charge >= 0.3 is 5.97 Å². The van der Waals surface area contributed by atoms with Crippen molar-refractivity contribution in [3.8, 4) is 11.5 Å². The molecule has 0 saturated carbocycles. The van der Waals surface area contributed by atoms with Crippen molar-refractivity contribution in [1.82, 2.24) is 4.90 Å². The number of carbonyl (C=O) groups is 2. The molecule has 0 aromatic heterocycles. The molecule has 2 aromatic carbocycles. The van der Waals surface area contributed by atoms with Gasteiger partial charge in [0.1, 0.15) is 12.2 Å². The summed E-state index contributed by atoms with van der Waals surface area (Å²) in [6.45, 7) is -0.220. The number of benzene rings is 2. The summed E-state index contributed by atoms with van der Waals surface area (Å²) in [5.41, 5.74) is 1.37. The lowest BCUT2D eigenvalue weighted by atomic mass is 10.1. The predicted octanol–water partition coefficient (Wildman–Crippen LogP) is 4.27. The van der Waals surface area contributed by atoms with E-state index in [4.69, 9.17) is 38.0 Å². The summed E-state index contributed by atoms with van der Waals surface area (Å²) in [6.07, 6.45) is 1.62. The van der Waals surface area contributed by atoms with Crippen LogP contribution in [0.4, 0.5) is 5.69 Å². The van der Waals surface area contributed by atoms with E-state index < -0.39 is 11.9 Å². The molecule has 1 aliphatic rings. The van der Waals surface area contributed by atoms with Gasteiger partial charge in [0, 0.05) is 9.50 Å². The topological polar surface area (TPSA) is 68.3 Å². The minimum atomic E-state index is -0.537. The number of hydrogen-bond donors (Lipinski definition) is 0. The maximum Gasteiger partial charge on any atom is 0.325 e. The van der Waals surface area contributed by atoms with Crippen molar-refractivity contribution >= 4 is 68.5 Å². The molecule has 0 atom stereocenters. The van der Waals surface area contributed by atoms with E-state index in [1.54, 1.807) is 42.5 Å². The fourth-order valence-electron chi connectivity index (χ4n) is 2.97. The predicted molar refractivity (Wildman–Crippen MR) is 125 cm³/mol. The summed E-state index contributed by atoms with van der Waals surface area (Å²) in [5, 5.41) is 0.679. The number of ether oxygens (including phenoxy) is 3. The van der Waals surface area contributed by atoms with Gasteiger partial charge in [0.15, 0.2) is 16.6 Å². The van der Waals surface area contributed by atoms with Crippen molar-refractivity contribution in [3.63, 3.8) is 0 Å². The zero-order chi connectivity index (χ0) is 22.7. The Kier molecular flexibility index (Phi) is 7.19. The van der Waals surface area contributed by atoms with Crippen molar-refractivity contribution in [1.29, 1.82) is 0 Å². The maximum absolute atomic E-state index is 13.3. The zero-order valence-electron chi connectivity index (χ0n) is 16.8. The second-order valence-electron chi connectivity index (χ2n) is 6.32. The smallest absolute Gasteiger partial charge is 0.325 e. The summed E-state index contributed by atoms with van der Waals surface area (Å²) >= 11 is 15.0. The van der Waals surface area contributed by atoms with Crippen molar-refractivity contribution in [2.45, 2.75) is 0 Å². The third kappa shape index (κ3) is 4.68. The second kappa shape index (κ2) is 9.67. The third-order valence-corrected chi connectivity index (χ3v) is 5.87. The molecule has 1 fully saturated rings. The molecule has 162 valence electrons. The number of hydrogen-bond acceptors (Lipinski definition) is 6. The monoisotopic (exact) mass is 524 g/mol. The molecular weight excluding hydrogens is 508 g/mol. The number of thiocarbonyl (C=S) groups is 1. The van der Waals surface area contributed by atoms with E-state index in [2.05, 4.69) is 15.9 Å². The van der Waals surface area contributed by atoms with Gasteiger partial charge < -0.3 is 19.1 Å². The highest BCUT2D eigenvalue weighted by atomic mass is 79.9. The van der Waals surface area contributed by atoms with Gasteiger partial charge in [-0.2, -0.15) is 0 Å². The van der Waals surface area contributed by atoms with Crippen LogP contribution >= 0.6 is 39.7 Å². The van der Waals surface area contributed by atoms with Crippen LogP contribution < -0.4 is 14.4 Å². The summed E-state index contributed by atoms with van der Waals surface area (Å²) in [7, 11) is 4.32. The van der Waals surface area contributed by atoms with Crippen LogP contribution in [0, 0.1) is 0 Å². The van der Waals surface area contributed by atoms with E-state index >= 15 is 0 Å². The van der Waals surface area contributed by atoms with Crippen LogP contribution in [0.2, 0.25) is 5.02 Å². The lowest BCUT2D eigenvalue weighted by Crippen LogP contribution is -2.35. The molecule has 0 spiro atoms. The SMILES string of the molecule is COC(=O)CN1C(=S)N(c2ccc(Cl)cc2)C(=O)/C1=C/c1cc(OC)c(OC)cc1Br. The Morgan fingerprint density at radius 1 is 1.13 bits per heavy atom. The van der Waals surface area contributed by atoms with Crippen LogP contribution in [0.5, 0.6) is 11.5 Å². The summed E-state index contributed by atoms with van der Waals surface area (Å²) in [5.74, 6) is 0.0851. The van der Waals surface area contributed by atoms with Crippen LogP contribution in [-0.4, -0.2) is 49.8 Å². The van der Waals surface area contributed by atoms with Crippen LogP contribution in [0.3, 0.4) is 0 Å². The van der Waals surface area contributed by atoms with Crippen LogP contribution in [0.1, 0.15) is 5.56 Å². The largest absolute Gasteiger partial charge is 0.493 e. The number of amides is 1. The fourth-order valence-corrected chi connectivity index (χ4v) is 3.89. The zero-order valence-corrected chi connectivity index (χ0v) is 20.0. The first kappa shape index (κ1) is 23.1. The standard InChI is InChI=1S/C21H18BrClN2O5S/c1-28-17-9-12(15(22)10-18(17)29-2)8-16-20(27)25(14-6-4-13(23)5-7-14)21(31)24(16)11-19(26)30-3/h4-10H,11H2,1-3H3/b16-8-. The number of rotatable bonds is 6. The molecule has 1 heterocycles. The van der Waals surface area contributed by atoms with E-state index in [1.807, 2.05) is 0 Å². The highest BCUT2D eigenvalue weighted by Crippen LogP contribution is 2.36. The number of nitrogens with zero attached hydrogens (tertiary/aromatic N) is 2. The molecule has 31 heavy (non-hydrogen) atoms. The van der Waals surface area contributed by atoms with Crippen molar-refractivity contribution < 1.29 is 23.8 Å². The van der Waals surface area contributed by atoms with Gasteiger partial charge in [0.2, 0.25) is 0 Å². The van der Waals surface area contributed by atoms with E-state index in [-0.39, 0.29) is 17.4 Å². The summed E-state index contributed by atoms with van der Waals surface area (Å²) in [4.78, 5) is 28.1. The van der Waals surface area contributed by atoms with E-state index in [0.717, 1.165) is 0 Å². The first-order valence-electron chi connectivity index (χ1n) is 8.92. The van der Waals surface area contributed by atoms with Gasteiger partial charge in [-0.3, -0.25) is 14.5 Å². The number of methoxy groups -OCH3 is 3. The average molecular weight is 526 g/mol.